The van der Waals surface area contributed by atoms with Gasteiger partial charge in [0.05, 0.1) is 12.7 Å². The number of rotatable bonds is 4. The molecule has 26 heavy (non-hydrogen) atoms. The molecule has 0 aliphatic rings. The minimum atomic E-state index is -0.172. The molecular weight excluding hydrogens is 330 g/mol. The van der Waals surface area contributed by atoms with E-state index in [1.807, 2.05) is 49.5 Å². The zero-order valence-corrected chi connectivity index (χ0v) is 14.5. The van der Waals surface area contributed by atoms with Crippen molar-refractivity contribution < 1.29 is 9.32 Å². The molecule has 0 fully saturated rings. The summed E-state index contributed by atoms with van der Waals surface area (Å²) in [4.78, 5) is 18.6. The second-order valence-corrected chi connectivity index (χ2v) is 6.16. The van der Waals surface area contributed by atoms with E-state index in [1.165, 1.54) is 6.20 Å². The molecule has 0 saturated heterocycles. The van der Waals surface area contributed by atoms with Gasteiger partial charge in [-0.1, -0.05) is 35.5 Å². The van der Waals surface area contributed by atoms with Gasteiger partial charge in [0.1, 0.15) is 11.3 Å². The quantitative estimate of drug-likeness (QED) is 0.567. The van der Waals surface area contributed by atoms with Crippen LogP contribution in [0.15, 0.2) is 59.5 Å². The highest BCUT2D eigenvalue weighted by Crippen LogP contribution is 2.20. The number of benzene rings is 1. The highest BCUT2D eigenvalue weighted by Gasteiger charge is 2.19. The van der Waals surface area contributed by atoms with Crippen molar-refractivity contribution in [1.82, 2.24) is 24.7 Å². The first-order valence-corrected chi connectivity index (χ1v) is 8.18. The highest BCUT2D eigenvalue weighted by atomic mass is 16.5. The van der Waals surface area contributed by atoms with E-state index >= 15 is 0 Å². The van der Waals surface area contributed by atoms with Crippen molar-refractivity contribution in [3.8, 4) is 11.3 Å². The Bertz CT molecular complexity index is 1070. The van der Waals surface area contributed by atoms with Crippen molar-refractivity contribution in [2.45, 2.75) is 13.5 Å². The number of aromatic nitrogens is 4. The zero-order valence-electron chi connectivity index (χ0n) is 14.5. The van der Waals surface area contributed by atoms with Gasteiger partial charge in [-0.2, -0.15) is 5.10 Å². The van der Waals surface area contributed by atoms with Gasteiger partial charge in [0.2, 0.25) is 0 Å². The Balaban J connectivity index is 1.53. The molecule has 130 valence electrons. The standard InChI is InChI=1S/C19H17N5O2/c1-13-9-20-18-16(10-21-24(18)11-13)19(25)23(2)12-15-8-17(22-26-15)14-6-4-3-5-7-14/h3-11H,12H2,1-2H3. The van der Waals surface area contributed by atoms with Gasteiger partial charge >= 0.3 is 0 Å². The Morgan fingerprint density at radius 2 is 2.04 bits per heavy atom. The van der Waals surface area contributed by atoms with E-state index in [2.05, 4.69) is 15.2 Å². The van der Waals surface area contributed by atoms with Gasteiger partial charge < -0.3 is 9.42 Å². The number of hydrogen-bond donors (Lipinski definition) is 0. The van der Waals surface area contributed by atoms with Crippen LogP contribution in [0.4, 0.5) is 0 Å². The van der Waals surface area contributed by atoms with Gasteiger partial charge in [-0.05, 0) is 12.5 Å². The molecule has 0 bridgehead atoms. The second kappa shape index (κ2) is 6.44. The van der Waals surface area contributed by atoms with Crippen molar-refractivity contribution >= 4 is 11.6 Å². The van der Waals surface area contributed by atoms with Crippen LogP contribution in [0.5, 0.6) is 0 Å². The molecule has 0 radical (unpaired) electrons. The van der Waals surface area contributed by atoms with Crippen LogP contribution in [0.1, 0.15) is 21.7 Å². The van der Waals surface area contributed by atoms with Gasteiger partial charge in [-0.3, -0.25) is 4.79 Å². The van der Waals surface area contributed by atoms with Crippen LogP contribution in [-0.4, -0.2) is 37.6 Å². The summed E-state index contributed by atoms with van der Waals surface area (Å²) >= 11 is 0. The third-order valence-corrected chi connectivity index (χ3v) is 4.08. The molecule has 7 heteroatoms. The molecular formula is C19H17N5O2. The number of aryl methyl sites for hydroxylation is 1. The predicted molar refractivity (Wildman–Crippen MR) is 95.5 cm³/mol. The fourth-order valence-electron chi connectivity index (χ4n) is 2.76. The van der Waals surface area contributed by atoms with Gasteiger partial charge in [-0.25, -0.2) is 9.50 Å². The summed E-state index contributed by atoms with van der Waals surface area (Å²) < 4.78 is 6.99. The molecule has 3 heterocycles. The molecule has 1 amide bonds. The molecule has 4 aromatic rings. The average molecular weight is 347 g/mol. The fourth-order valence-corrected chi connectivity index (χ4v) is 2.76. The summed E-state index contributed by atoms with van der Waals surface area (Å²) in [7, 11) is 1.71. The second-order valence-electron chi connectivity index (χ2n) is 6.16. The molecule has 4 rings (SSSR count). The molecule has 7 nitrogen and oxygen atoms in total. The molecule has 0 N–H and O–H groups in total. The topological polar surface area (TPSA) is 76.5 Å². The Morgan fingerprint density at radius 3 is 2.85 bits per heavy atom. The summed E-state index contributed by atoms with van der Waals surface area (Å²) in [5.41, 5.74) is 3.68. The first kappa shape index (κ1) is 16.0. The predicted octanol–water partition coefficient (Wildman–Crippen LogP) is 2.96. The lowest BCUT2D eigenvalue weighted by atomic mass is 10.1. The number of hydrogen-bond acceptors (Lipinski definition) is 5. The third-order valence-electron chi connectivity index (χ3n) is 4.08. The number of carbonyl (C=O) groups excluding carboxylic acids is 1. The summed E-state index contributed by atoms with van der Waals surface area (Å²) in [6, 6.07) is 11.6. The number of fused-ring (bicyclic) bond motifs is 1. The lowest BCUT2D eigenvalue weighted by molar-refractivity contribution is 0.0774. The molecule has 0 aliphatic heterocycles. The zero-order chi connectivity index (χ0) is 18.1. The first-order chi connectivity index (χ1) is 12.6. The van der Waals surface area contributed by atoms with Crippen molar-refractivity contribution in [2.24, 2.45) is 0 Å². The minimum Gasteiger partial charge on any atom is -0.359 e. The Hall–Kier alpha value is -3.48. The Kier molecular flexibility index (Phi) is 3.96. The van der Waals surface area contributed by atoms with Crippen LogP contribution in [-0.2, 0) is 6.54 Å². The largest absolute Gasteiger partial charge is 0.359 e. The molecule has 0 spiro atoms. The van der Waals surface area contributed by atoms with Crippen molar-refractivity contribution in [3.63, 3.8) is 0 Å². The number of amides is 1. The SMILES string of the molecule is Cc1cnc2c(C(=O)N(C)Cc3cc(-c4ccccc4)no3)cnn2c1. The van der Waals surface area contributed by atoms with Gasteiger partial charge in [0, 0.05) is 31.1 Å². The van der Waals surface area contributed by atoms with Crippen LogP contribution in [0.3, 0.4) is 0 Å². The van der Waals surface area contributed by atoms with Crippen molar-refractivity contribution in [1.29, 1.82) is 0 Å². The van der Waals surface area contributed by atoms with Gasteiger partial charge in [-0.15, -0.1) is 0 Å². The van der Waals surface area contributed by atoms with E-state index in [0.717, 1.165) is 16.8 Å². The van der Waals surface area contributed by atoms with E-state index in [-0.39, 0.29) is 5.91 Å². The molecule has 0 unspecified atom stereocenters. The number of nitrogens with zero attached hydrogens (tertiary/aromatic N) is 5. The van der Waals surface area contributed by atoms with E-state index in [4.69, 9.17) is 4.52 Å². The summed E-state index contributed by atoms with van der Waals surface area (Å²) in [5, 5.41) is 8.28. The van der Waals surface area contributed by atoms with Gasteiger partial charge in [0.15, 0.2) is 11.4 Å². The summed E-state index contributed by atoms with van der Waals surface area (Å²) in [6.07, 6.45) is 5.09. The molecule has 0 atom stereocenters. The average Bonchev–Trinajstić information content (AvgIpc) is 3.28. The maximum absolute atomic E-state index is 12.8. The van der Waals surface area contributed by atoms with E-state index in [0.29, 0.717) is 23.5 Å². The molecule has 3 aromatic heterocycles. The normalized spacial score (nSPS) is 11.0. The highest BCUT2D eigenvalue weighted by molar-refractivity contribution is 5.99. The summed E-state index contributed by atoms with van der Waals surface area (Å²) in [5.74, 6) is 0.439. The minimum absolute atomic E-state index is 0.172. The summed E-state index contributed by atoms with van der Waals surface area (Å²) in [6.45, 7) is 2.23. The van der Waals surface area contributed by atoms with Crippen LogP contribution >= 0.6 is 0 Å². The van der Waals surface area contributed by atoms with Crippen LogP contribution in [0.25, 0.3) is 16.9 Å². The maximum Gasteiger partial charge on any atom is 0.259 e. The van der Waals surface area contributed by atoms with Crippen LogP contribution in [0.2, 0.25) is 0 Å². The van der Waals surface area contributed by atoms with Crippen molar-refractivity contribution in [3.05, 3.63) is 71.9 Å². The van der Waals surface area contributed by atoms with E-state index < -0.39 is 0 Å². The lowest BCUT2D eigenvalue weighted by Gasteiger charge is -2.14. The molecule has 0 aliphatic carbocycles. The van der Waals surface area contributed by atoms with Gasteiger partial charge in [0.25, 0.3) is 5.91 Å². The van der Waals surface area contributed by atoms with Crippen LogP contribution in [0, 0.1) is 6.92 Å². The van der Waals surface area contributed by atoms with E-state index in [1.54, 1.807) is 22.7 Å². The number of carbonyl (C=O) groups is 1. The fraction of sp³-hybridized carbons (Fsp3) is 0.158. The lowest BCUT2D eigenvalue weighted by Crippen LogP contribution is -2.26. The van der Waals surface area contributed by atoms with E-state index in [9.17, 15) is 4.79 Å². The Labute approximate surface area is 149 Å². The Morgan fingerprint density at radius 1 is 1.23 bits per heavy atom. The monoisotopic (exact) mass is 347 g/mol. The first-order valence-electron chi connectivity index (χ1n) is 8.18. The van der Waals surface area contributed by atoms with Crippen molar-refractivity contribution in [2.75, 3.05) is 7.05 Å². The third kappa shape index (κ3) is 2.95. The molecule has 0 saturated carbocycles. The smallest absolute Gasteiger partial charge is 0.259 e. The molecule has 1 aromatic carbocycles. The van der Waals surface area contributed by atoms with Crippen LogP contribution < -0.4 is 0 Å². The maximum atomic E-state index is 12.8.